The molecule has 0 saturated heterocycles. The second-order valence-corrected chi connectivity index (χ2v) is 4.44. The Morgan fingerprint density at radius 3 is 2.38 bits per heavy atom. The third-order valence-corrected chi connectivity index (χ3v) is 2.69. The van der Waals surface area contributed by atoms with Crippen molar-refractivity contribution in [3.05, 3.63) is 29.3 Å². The van der Waals surface area contributed by atoms with Gasteiger partial charge >= 0.3 is 5.97 Å². The molecule has 0 aliphatic carbocycles. The van der Waals surface area contributed by atoms with Crippen LogP contribution in [-0.2, 0) is 4.79 Å². The molecule has 0 bridgehead atoms. The van der Waals surface area contributed by atoms with Crippen LogP contribution in [0.1, 0.15) is 25.0 Å². The summed E-state index contributed by atoms with van der Waals surface area (Å²) >= 11 is 0. The van der Waals surface area contributed by atoms with Gasteiger partial charge in [0.1, 0.15) is 11.8 Å². The maximum Gasteiger partial charge on any atom is 0.328 e. The number of nitrogens with two attached hydrogens (primary N) is 1. The smallest absolute Gasteiger partial charge is 0.328 e. The molecule has 0 heterocycles. The number of aryl methyl sites for hydroxylation is 2. The second kappa shape index (κ2) is 5.12. The predicted octanol–water partition coefficient (Wildman–Crippen LogP) is 2.19. The van der Waals surface area contributed by atoms with Crippen molar-refractivity contribution in [1.82, 2.24) is 0 Å². The van der Waals surface area contributed by atoms with Crippen LogP contribution in [0, 0.1) is 19.8 Å². The van der Waals surface area contributed by atoms with Gasteiger partial charge in [0.05, 0.1) is 0 Å². The Bertz CT molecular complexity index is 386. The molecule has 0 aromatic heterocycles. The molecule has 88 valence electrons. The van der Waals surface area contributed by atoms with Gasteiger partial charge in [0.2, 0.25) is 0 Å². The van der Waals surface area contributed by atoms with Gasteiger partial charge in [-0.2, -0.15) is 0 Å². The number of carbonyl (C=O) groups is 1. The van der Waals surface area contributed by atoms with Crippen LogP contribution in [0.15, 0.2) is 18.2 Å². The van der Waals surface area contributed by atoms with Crippen molar-refractivity contribution < 1.29 is 9.53 Å². The summed E-state index contributed by atoms with van der Waals surface area (Å²) < 4.78 is 5.21. The van der Waals surface area contributed by atoms with E-state index >= 15 is 0 Å². The molecule has 1 unspecified atom stereocenters. The van der Waals surface area contributed by atoms with Crippen molar-refractivity contribution >= 4 is 5.97 Å². The standard InChI is InChI=1S/C13H19NO2/c1-8(2)12(14)13(15)16-11-6-5-9(3)10(4)7-11/h5-8,12H,14H2,1-4H3. The van der Waals surface area contributed by atoms with Gasteiger partial charge < -0.3 is 10.5 Å². The third-order valence-electron chi connectivity index (χ3n) is 2.69. The minimum absolute atomic E-state index is 0.0824. The summed E-state index contributed by atoms with van der Waals surface area (Å²) in [6, 6.07) is 4.99. The van der Waals surface area contributed by atoms with E-state index in [1.807, 2.05) is 39.8 Å². The number of ether oxygens (including phenoxy) is 1. The van der Waals surface area contributed by atoms with Gasteiger partial charge in [-0.3, -0.25) is 0 Å². The van der Waals surface area contributed by atoms with E-state index in [0.717, 1.165) is 5.56 Å². The molecule has 2 N–H and O–H groups in total. The summed E-state index contributed by atoms with van der Waals surface area (Å²) in [6.45, 7) is 7.79. The fraction of sp³-hybridized carbons (Fsp3) is 0.462. The molecule has 0 aliphatic heterocycles. The van der Waals surface area contributed by atoms with E-state index in [-0.39, 0.29) is 11.9 Å². The first kappa shape index (κ1) is 12.7. The first-order chi connectivity index (χ1) is 7.41. The van der Waals surface area contributed by atoms with E-state index in [0.29, 0.717) is 5.75 Å². The van der Waals surface area contributed by atoms with Gasteiger partial charge in [0, 0.05) is 0 Å². The van der Waals surface area contributed by atoms with Gasteiger partial charge in [-0.1, -0.05) is 19.9 Å². The Hall–Kier alpha value is -1.35. The number of hydrogen-bond donors (Lipinski definition) is 1. The first-order valence-electron chi connectivity index (χ1n) is 5.46. The lowest BCUT2D eigenvalue weighted by Crippen LogP contribution is -2.38. The fourth-order valence-corrected chi connectivity index (χ4v) is 1.23. The normalized spacial score (nSPS) is 12.6. The lowest BCUT2D eigenvalue weighted by Gasteiger charge is -2.14. The Morgan fingerprint density at radius 1 is 1.25 bits per heavy atom. The van der Waals surface area contributed by atoms with Crippen molar-refractivity contribution in [2.24, 2.45) is 11.7 Å². The lowest BCUT2D eigenvalue weighted by molar-refractivity contribution is -0.136. The van der Waals surface area contributed by atoms with Crippen LogP contribution >= 0.6 is 0 Å². The maximum atomic E-state index is 11.6. The van der Waals surface area contributed by atoms with E-state index in [2.05, 4.69) is 0 Å². The van der Waals surface area contributed by atoms with Gasteiger partial charge in [-0.05, 0) is 43.0 Å². The zero-order chi connectivity index (χ0) is 12.3. The summed E-state index contributed by atoms with van der Waals surface area (Å²) in [5.74, 6) is 0.265. The number of esters is 1. The fourth-order valence-electron chi connectivity index (χ4n) is 1.23. The highest BCUT2D eigenvalue weighted by Gasteiger charge is 2.19. The molecule has 1 rings (SSSR count). The molecule has 1 atom stereocenters. The average molecular weight is 221 g/mol. The first-order valence-corrected chi connectivity index (χ1v) is 5.46. The van der Waals surface area contributed by atoms with Crippen LogP contribution in [0.25, 0.3) is 0 Å². The molecule has 1 aromatic rings. The third kappa shape index (κ3) is 3.07. The SMILES string of the molecule is Cc1ccc(OC(=O)C(N)C(C)C)cc1C. The average Bonchev–Trinajstić information content (AvgIpc) is 2.22. The lowest BCUT2D eigenvalue weighted by atomic mass is 10.1. The summed E-state index contributed by atoms with van der Waals surface area (Å²) in [4.78, 5) is 11.6. The molecule has 0 fully saturated rings. The molecule has 0 radical (unpaired) electrons. The second-order valence-electron chi connectivity index (χ2n) is 4.44. The minimum Gasteiger partial charge on any atom is -0.425 e. The molecule has 0 amide bonds. The van der Waals surface area contributed by atoms with Crippen molar-refractivity contribution in [2.45, 2.75) is 33.7 Å². The number of carbonyl (C=O) groups excluding carboxylic acids is 1. The molecule has 0 saturated carbocycles. The molecule has 1 aromatic carbocycles. The zero-order valence-corrected chi connectivity index (χ0v) is 10.3. The van der Waals surface area contributed by atoms with E-state index in [1.165, 1.54) is 5.56 Å². The molecule has 3 nitrogen and oxygen atoms in total. The van der Waals surface area contributed by atoms with E-state index in [9.17, 15) is 4.79 Å². The molecule has 3 heteroatoms. The van der Waals surface area contributed by atoms with Crippen molar-refractivity contribution in [3.63, 3.8) is 0 Å². The Balaban J connectivity index is 2.74. The van der Waals surface area contributed by atoms with Crippen LogP contribution in [0.3, 0.4) is 0 Å². The highest BCUT2D eigenvalue weighted by molar-refractivity contribution is 5.78. The van der Waals surface area contributed by atoms with E-state index in [4.69, 9.17) is 10.5 Å². The summed E-state index contributed by atoms with van der Waals surface area (Å²) in [6.07, 6.45) is 0. The summed E-state index contributed by atoms with van der Waals surface area (Å²) in [5.41, 5.74) is 7.98. The Morgan fingerprint density at radius 2 is 1.88 bits per heavy atom. The Kier molecular flexibility index (Phi) is 4.07. The zero-order valence-electron chi connectivity index (χ0n) is 10.3. The number of hydrogen-bond acceptors (Lipinski definition) is 3. The van der Waals surface area contributed by atoms with Gasteiger partial charge in [0.25, 0.3) is 0 Å². The molecule has 0 aliphatic rings. The monoisotopic (exact) mass is 221 g/mol. The van der Waals surface area contributed by atoms with Gasteiger partial charge in [0.15, 0.2) is 0 Å². The highest BCUT2D eigenvalue weighted by atomic mass is 16.5. The number of benzene rings is 1. The molecule has 16 heavy (non-hydrogen) atoms. The van der Waals surface area contributed by atoms with Gasteiger partial charge in [-0.15, -0.1) is 0 Å². The molecule has 0 spiro atoms. The topological polar surface area (TPSA) is 52.3 Å². The largest absolute Gasteiger partial charge is 0.425 e. The van der Waals surface area contributed by atoms with E-state index in [1.54, 1.807) is 6.07 Å². The van der Waals surface area contributed by atoms with Gasteiger partial charge in [-0.25, -0.2) is 4.79 Å². The van der Waals surface area contributed by atoms with Crippen LogP contribution in [0.2, 0.25) is 0 Å². The van der Waals surface area contributed by atoms with Crippen LogP contribution < -0.4 is 10.5 Å². The van der Waals surface area contributed by atoms with Crippen molar-refractivity contribution in [2.75, 3.05) is 0 Å². The summed E-state index contributed by atoms with van der Waals surface area (Å²) in [5, 5.41) is 0. The van der Waals surface area contributed by atoms with E-state index < -0.39 is 6.04 Å². The van der Waals surface area contributed by atoms with Crippen LogP contribution in [0.5, 0.6) is 5.75 Å². The number of rotatable bonds is 3. The Labute approximate surface area is 96.6 Å². The minimum atomic E-state index is -0.568. The quantitative estimate of drug-likeness (QED) is 0.628. The van der Waals surface area contributed by atoms with Crippen LogP contribution in [-0.4, -0.2) is 12.0 Å². The molecular weight excluding hydrogens is 202 g/mol. The van der Waals surface area contributed by atoms with Crippen molar-refractivity contribution in [1.29, 1.82) is 0 Å². The van der Waals surface area contributed by atoms with Crippen LogP contribution in [0.4, 0.5) is 0 Å². The molecular formula is C13H19NO2. The maximum absolute atomic E-state index is 11.6. The highest BCUT2D eigenvalue weighted by Crippen LogP contribution is 2.17. The summed E-state index contributed by atoms with van der Waals surface area (Å²) in [7, 11) is 0. The predicted molar refractivity (Wildman–Crippen MR) is 64.4 cm³/mol. The van der Waals surface area contributed by atoms with Crippen molar-refractivity contribution in [3.8, 4) is 5.75 Å².